The van der Waals surface area contributed by atoms with Crippen LogP contribution in [0.15, 0.2) is 0 Å². The predicted octanol–water partition coefficient (Wildman–Crippen LogP) is -1.05. The fraction of sp³-hybridized carbons (Fsp3) is 0.750. The van der Waals surface area contributed by atoms with E-state index in [9.17, 15) is 19.2 Å². The lowest BCUT2D eigenvalue weighted by molar-refractivity contribution is -0.168. The highest BCUT2D eigenvalue weighted by Crippen LogP contribution is 2.10. The van der Waals surface area contributed by atoms with E-state index in [0.717, 1.165) is 12.8 Å². The quantitative estimate of drug-likeness (QED) is 0.176. The molecular weight excluding hydrogens is 352 g/mol. The Morgan fingerprint density at radius 2 is 0.923 bits per heavy atom. The zero-order valence-corrected chi connectivity index (χ0v) is 14.5. The Kier molecular flexibility index (Phi) is 13.3. The molecule has 2 atom stereocenters. The largest absolute Gasteiger partial charge is 0.393 e. The highest BCUT2D eigenvalue weighted by Gasteiger charge is 2.19. The first kappa shape index (κ1) is 24.1. The zero-order chi connectivity index (χ0) is 19.9. The van der Waals surface area contributed by atoms with Crippen LogP contribution in [0.25, 0.3) is 0 Å². The average molecular weight is 378 g/mol. The fourth-order valence-corrected chi connectivity index (χ4v) is 1.86. The number of rotatable bonds is 13. The Labute approximate surface area is 150 Å². The van der Waals surface area contributed by atoms with Crippen molar-refractivity contribution in [1.82, 2.24) is 0 Å². The van der Waals surface area contributed by atoms with Crippen LogP contribution < -0.4 is 0 Å². The molecule has 0 saturated heterocycles. The lowest BCUT2D eigenvalue weighted by atomic mass is 10.1. The van der Waals surface area contributed by atoms with Crippen molar-refractivity contribution in [3.05, 3.63) is 0 Å². The molecule has 2 unspecified atom stereocenters. The molecule has 26 heavy (non-hydrogen) atoms. The minimum atomic E-state index is -1.71. The van der Waals surface area contributed by atoms with E-state index in [4.69, 9.17) is 20.4 Å². The first-order valence-corrected chi connectivity index (χ1v) is 8.38. The number of esters is 4. The van der Waals surface area contributed by atoms with Crippen molar-refractivity contribution in [3.8, 4) is 0 Å². The Morgan fingerprint density at radius 3 is 1.23 bits per heavy atom. The van der Waals surface area contributed by atoms with Crippen LogP contribution in [0.5, 0.6) is 0 Å². The van der Waals surface area contributed by atoms with Gasteiger partial charge < -0.3 is 29.9 Å². The highest BCUT2D eigenvalue weighted by molar-refractivity contribution is 5.88. The van der Waals surface area contributed by atoms with Crippen LogP contribution in [0, 0.1) is 0 Å². The molecule has 0 saturated carbocycles. The monoisotopic (exact) mass is 378 g/mol. The minimum Gasteiger partial charge on any atom is -0.393 e. The fourth-order valence-electron chi connectivity index (χ4n) is 1.86. The molecule has 0 rings (SSSR count). The van der Waals surface area contributed by atoms with Crippen molar-refractivity contribution in [2.45, 2.75) is 63.6 Å². The third kappa shape index (κ3) is 11.6. The summed E-state index contributed by atoms with van der Waals surface area (Å²) in [5.74, 6) is -3.87. The lowest BCUT2D eigenvalue weighted by Gasteiger charge is -2.07. The number of aliphatic hydroxyl groups is 4. The van der Waals surface area contributed by atoms with Crippen molar-refractivity contribution in [1.29, 1.82) is 0 Å². The molecule has 0 aromatic rings. The molecule has 0 radical (unpaired) electrons. The number of carbonyl (C=O) groups is 4. The van der Waals surface area contributed by atoms with Crippen molar-refractivity contribution in [3.63, 3.8) is 0 Å². The van der Waals surface area contributed by atoms with E-state index in [-0.39, 0.29) is 12.8 Å². The second-order valence-electron chi connectivity index (χ2n) is 5.60. The van der Waals surface area contributed by atoms with Gasteiger partial charge in [0.15, 0.2) is 12.2 Å². The Morgan fingerprint density at radius 1 is 0.615 bits per heavy atom. The molecular formula is C16H26O10. The molecule has 0 amide bonds. The maximum Gasteiger partial charge on any atom is 0.345 e. The third-order valence-electron chi connectivity index (χ3n) is 3.33. The summed E-state index contributed by atoms with van der Waals surface area (Å²) in [6, 6.07) is 0. The van der Waals surface area contributed by atoms with E-state index < -0.39 is 49.3 Å². The van der Waals surface area contributed by atoms with Gasteiger partial charge in [-0.15, -0.1) is 0 Å². The van der Waals surface area contributed by atoms with E-state index in [1.54, 1.807) is 0 Å². The smallest absolute Gasteiger partial charge is 0.345 e. The van der Waals surface area contributed by atoms with Gasteiger partial charge in [-0.05, 0) is 12.8 Å². The second kappa shape index (κ2) is 14.3. The van der Waals surface area contributed by atoms with Gasteiger partial charge in [-0.3, -0.25) is 9.59 Å². The van der Waals surface area contributed by atoms with Crippen LogP contribution in [0.3, 0.4) is 0 Å². The number of hydrogen-bond acceptors (Lipinski definition) is 10. The molecule has 0 aromatic carbocycles. The number of carbonyl (C=O) groups excluding carboxylic acids is 4. The summed E-state index contributed by atoms with van der Waals surface area (Å²) in [6.45, 7) is -1.62. The Bertz CT molecular complexity index is 420. The van der Waals surface area contributed by atoms with Crippen molar-refractivity contribution in [2.24, 2.45) is 0 Å². The van der Waals surface area contributed by atoms with E-state index in [0.29, 0.717) is 25.7 Å². The number of aliphatic hydroxyl groups excluding tert-OH is 4. The molecule has 0 spiro atoms. The molecule has 0 aliphatic carbocycles. The topological polar surface area (TPSA) is 168 Å². The molecule has 0 aliphatic heterocycles. The van der Waals surface area contributed by atoms with Gasteiger partial charge in [-0.1, -0.05) is 25.7 Å². The Balaban J connectivity index is 3.59. The van der Waals surface area contributed by atoms with E-state index in [1.807, 2.05) is 0 Å². The summed E-state index contributed by atoms with van der Waals surface area (Å²) in [5, 5.41) is 34.9. The highest BCUT2D eigenvalue weighted by atomic mass is 16.6. The minimum absolute atomic E-state index is 0.0194. The molecule has 0 aliphatic rings. The number of hydrogen-bond donors (Lipinski definition) is 4. The van der Waals surface area contributed by atoms with Crippen LogP contribution in [-0.2, 0) is 28.7 Å². The first-order valence-electron chi connectivity index (χ1n) is 8.38. The molecule has 4 N–H and O–H groups in total. The van der Waals surface area contributed by atoms with Gasteiger partial charge in [-0.25, -0.2) is 9.59 Å². The van der Waals surface area contributed by atoms with Gasteiger partial charge in [0.25, 0.3) is 0 Å². The Hall–Kier alpha value is -1.88. The van der Waals surface area contributed by atoms with Crippen molar-refractivity contribution < 1.29 is 49.1 Å². The first-order chi connectivity index (χ1) is 12.3. The van der Waals surface area contributed by atoms with E-state index in [2.05, 4.69) is 9.47 Å². The summed E-state index contributed by atoms with van der Waals surface area (Å²) >= 11 is 0. The van der Waals surface area contributed by atoms with Crippen LogP contribution in [0.2, 0.25) is 0 Å². The summed E-state index contributed by atoms with van der Waals surface area (Å²) in [6.07, 6.45) is 0.593. The van der Waals surface area contributed by atoms with Gasteiger partial charge in [0, 0.05) is 12.8 Å². The second-order valence-corrected chi connectivity index (χ2v) is 5.60. The molecule has 10 heteroatoms. The predicted molar refractivity (Wildman–Crippen MR) is 85.3 cm³/mol. The summed E-state index contributed by atoms with van der Waals surface area (Å²) in [5.41, 5.74) is 0. The maximum absolute atomic E-state index is 11.3. The molecule has 0 heterocycles. The SMILES string of the molecule is O=C(CCCCCCCCC(=O)OC(=O)C(O)CO)OC(=O)C(O)CO. The van der Waals surface area contributed by atoms with Crippen LogP contribution in [0.1, 0.15) is 51.4 Å². The van der Waals surface area contributed by atoms with E-state index in [1.165, 1.54) is 0 Å². The summed E-state index contributed by atoms with van der Waals surface area (Å²) in [7, 11) is 0. The average Bonchev–Trinajstić information content (AvgIpc) is 2.61. The van der Waals surface area contributed by atoms with Gasteiger partial charge in [0.1, 0.15) is 0 Å². The van der Waals surface area contributed by atoms with Gasteiger partial charge >= 0.3 is 23.9 Å². The van der Waals surface area contributed by atoms with Crippen molar-refractivity contribution in [2.75, 3.05) is 13.2 Å². The van der Waals surface area contributed by atoms with Gasteiger partial charge in [-0.2, -0.15) is 0 Å². The molecule has 0 aromatic heterocycles. The number of unbranched alkanes of at least 4 members (excludes halogenated alkanes) is 5. The van der Waals surface area contributed by atoms with Crippen LogP contribution >= 0.6 is 0 Å². The molecule has 0 bridgehead atoms. The zero-order valence-electron chi connectivity index (χ0n) is 14.5. The normalized spacial score (nSPS) is 12.9. The van der Waals surface area contributed by atoms with Gasteiger partial charge in [0.2, 0.25) is 0 Å². The molecule has 0 fully saturated rings. The molecule has 10 nitrogen and oxygen atoms in total. The van der Waals surface area contributed by atoms with Crippen LogP contribution in [-0.4, -0.2) is 69.7 Å². The van der Waals surface area contributed by atoms with E-state index >= 15 is 0 Å². The van der Waals surface area contributed by atoms with Gasteiger partial charge in [0.05, 0.1) is 13.2 Å². The summed E-state index contributed by atoms with van der Waals surface area (Å²) < 4.78 is 8.66. The lowest BCUT2D eigenvalue weighted by Crippen LogP contribution is -2.28. The third-order valence-corrected chi connectivity index (χ3v) is 3.33. The summed E-state index contributed by atoms with van der Waals surface area (Å²) in [4.78, 5) is 44.6. The van der Waals surface area contributed by atoms with Crippen LogP contribution in [0.4, 0.5) is 0 Å². The number of ether oxygens (including phenoxy) is 2. The maximum atomic E-state index is 11.3. The van der Waals surface area contributed by atoms with Crippen molar-refractivity contribution >= 4 is 23.9 Å². The standard InChI is InChI=1S/C16H26O10/c17-9-11(19)15(23)25-13(21)7-5-3-1-2-4-6-8-14(22)26-16(24)12(20)10-18/h11-12,17-20H,1-10H2. The molecule has 150 valence electrons.